The van der Waals surface area contributed by atoms with Gasteiger partial charge >= 0.3 is 0 Å². The van der Waals surface area contributed by atoms with Crippen molar-refractivity contribution < 1.29 is 14.4 Å². The van der Waals surface area contributed by atoms with Crippen LogP contribution >= 0.6 is 0 Å². The molecule has 1 N–H and O–H groups in total. The molecule has 1 aliphatic rings. The highest BCUT2D eigenvalue weighted by Gasteiger charge is 2.35. The molecule has 27 heavy (non-hydrogen) atoms. The van der Waals surface area contributed by atoms with Crippen LogP contribution in [0.15, 0.2) is 54.7 Å². The fourth-order valence-corrected chi connectivity index (χ4v) is 3.24. The number of nitrogens with zero attached hydrogens (tertiary/aromatic N) is 2. The summed E-state index contributed by atoms with van der Waals surface area (Å²) in [5.41, 5.74) is 3.02. The van der Waals surface area contributed by atoms with Gasteiger partial charge in [-0.25, -0.2) is 0 Å². The van der Waals surface area contributed by atoms with E-state index in [-0.39, 0.29) is 30.7 Å². The van der Waals surface area contributed by atoms with E-state index in [1.807, 2.05) is 31.2 Å². The lowest BCUT2D eigenvalue weighted by atomic mass is 10.1. The minimum Gasteiger partial charge on any atom is -0.324 e. The van der Waals surface area contributed by atoms with Gasteiger partial charge in [-0.05, 0) is 31.2 Å². The molecule has 1 aromatic heterocycles. The van der Waals surface area contributed by atoms with E-state index in [4.69, 9.17) is 0 Å². The minimum atomic E-state index is -0.352. The molecule has 0 saturated carbocycles. The first-order valence-electron chi connectivity index (χ1n) is 8.65. The zero-order valence-electron chi connectivity index (χ0n) is 14.7. The topological polar surface area (TPSA) is 79.4 Å². The summed E-state index contributed by atoms with van der Waals surface area (Å²) in [7, 11) is 0. The third-order valence-electron chi connectivity index (χ3n) is 4.60. The van der Waals surface area contributed by atoms with Gasteiger partial charge in [-0.3, -0.25) is 24.3 Å². The van der Waals surface area contributed by atoms with E-state index in [0.29, 0.717) is 22.3 Å². The molecule has 6 heteroatoms. The van der Waals surface area contributed by atoms with Crippen LogP contribution in [0.3, 0.4) is 0 Å². The van der Waals surface area contributed by atoms with E-state index in [9.17, 15) is 14.4 Å². The van der Waals surface area contributed by atoms with Gasteiger partial charge < -0.3 is 5.32 Å². The molecular formula is C21H17N3O3. The number of imide groups is 1. The van der Waals surface area contributed by atoms with Crippen molar-refractivity contribution in [3.8, 4) is 0 Å². The number of nitrogens with one attached hydrogen (secondary N) is 1. The van der Waals surface area contributed by atoms with E-state index in [2.05, 4.69) is 10.3 Å². The lowest BCUT2D eigenvalue weighted by molar-refractivity contribution is -0.116. The zero-order valence-corrected chi connectivity index (χ0v) is 14.7. The van der Waals surface area contributed by atoms with Crippen LogP contribution in [0.5, 0.6) is 0 Å². The zero-order chi connectivity index (χ0) is 19.0. The van der Waals surface area contributed by atoms with Gasteiger partial charge in [0, 0.05) is 24.5 Å². The lowest BCUT2D eigenvalue weighted by Gasteiger charge is -2.14. The summed E-state index contributed by atoms with van der Waals surface area (Å²) in [6.45, 7) is 1.90. The molecule has 2 aromatic carbocycles. The van der Waals surface area contributed by atoms with Crippen molar-refractivity contribution in [2.24, 2.45) is 0 Å². The highest BCUT2D eigenvalue weighted by molar-refractivity contribution is 6.21. The predicted molar refractivity (Wildman–Crippen MR) is 102 cm³/mol. The number of carbonyl (C=O) groups excluding carboxylic acids is 3. The molecular weight excluding hydrogens is 342 g/mol. The van der Waals surface area contributed by atoms with Crippen LogP contribution in [-0.2, 0) is 4.79 Å². The molecule has 0 aliphatic carbocycles. The molecule has 0 saturated heterocycles. The predicted octanol–water partition coefficient (Wildman–Crippen LogP) is 3.17. The van der Waals surface area contributed by atoms with E-state index in [1.54, 1.807) is 30.5 Å². The third kappa shape index (κ3) is 3.06. The number of rotatable bonds is 4. The summed E-state index contributed by atoms with van der Waals surface area (Å²) in [6.07, 6.45) is 1.69. The van der Waals surface area contributed by atoms with Gasteiger partial charge in [-0.15, -0.1) is 0 Å². The summed E-state index contributed by atoms with van der Waals surface area (Å²) in [5, 5.41) is 3.74. The standard InChI is InChI=1S/C21H17N3O3/c1-13-7-8-15-16(12-13)21(27)24(20(15)26)11-9-18(25)23-17-6-2-4-14-5-3-10-22-19(14)17/h2-8,10,12H,9,11H2,1H3,(H,23,25). The number of aryl methyl sites for hydroxylation is 1. The number of pyridine rings is 1. The Morgan fingerprint density at radius 3 is 2.67 bits per heavy atom. The second kappa shape index (κ2) is 6.64. The van der Waals surface area contributed by atoms with Gasteiger partial charge in [0.1, 0.15) is 0 Å². The Balaban J connectivity index is 1.46. The first-order chi connectivity index (χ1) is 13.0. The Labute approximate surface area is 155 Å². The average molecular weight is 359 g/mol. The van der Waals surface area contributed by atoms with Crippen molar-refractivity contribution >= 4 is 34.3 Å². The Hall–Kier alpha value is -3.54. The minimum absolute atomic E-state index is 0.0215. The number of benzene rings is 2. The van der Waals surface area contributed by atoms with Crippen molar-refractivity contribution in [2.75, 3.05) is 11.9 Å². The Kier molecular flexibility index (Phi) is 4.16. The molecule has 0 bridgehead atoms. The number of fused-ring (bicyclic) bond motifs is 2. The van der Waals surface area contributed by atoms with Gasteiger partial charge in [-0.2, -0.15) is 0 Å². The van der Waals surface area contributed by atoms with Gasteiger partial charge in [0.25, 0.3) is 11.8 Å². The van der Waals surface area contributed by atoms with E-state index >= 15 is 0 Å². The highest BCUT2D eigenvalue weighted by Crippen LogP contribution is 2.24. The largest absolute Gasteiger partial charge is 0.324 e. The molecule has 3 aromatic rings. The fourth-order valence-electron chi connectivity index (χ4n) is 3.24. The molecule has 0 fully saturated rings. The van der Waals surface area contributed by atoms with Crippen LogP contribution in [0.4, 0.5) is 5.69 Å². The summed E-state index contributed by atoms with van der Waals surface area (Å²) in [6, 6.07) is 14.4. The lowest BCUT2D eigenvalue weighted by Crippen LogP contribution is -2.32. The molecule has 4 rings (SSSR count). The highest BCUT2D eigenvalue weighted by atomic mass is 16.2. The van der Waals surface area contributed by atoms with Gasteiger partial charge in [0.2, 0.25) is 5.91 Å². The molecule has 2 heterocycles. The Morgan fingerprint density at radius 1 is 1.04 bits per heavy atom. The molecule has 0 unspecified atom stereocenters. The van der Waals surface area contributed by atoms with Crippen molar-refractivity contribution in [3.63, 3.8) is 0 Å². The van der Waals surface area contributed by atoms with Gasteiger partial charge in [-0.1, -0.05) is 29.8 Å². The monoisotopic (exact) mass is 359 g/mol. The number of amides is 3. The van der Waals surface area contributed by atoms with Crippen LogP contribution in [0, 0.1) is 6.92 Å². The summed E-state index contributed by atoms with van der Waals surface area (Å²) >= 11 is 0. The maximum absolute atomic E-state index is 12.5. The average Bonchev–Trinajstić information content (AvgIpc) is 2.90. The number of hydrogen-bond donors (Lipinski definition) is 1. The molecule has 0 spiro atoms. The van der Waals surface area contributed by atoms with Crippen molar-refractivity contribution in [3.05, 3.63) is 71.4 Å². The van der Waals surface area contributed by atoms with E-state index < -0.39 is 0 Å². The normalized spacial score (nSPS) is 13.1. The number of para-hydroxylation sites is 1. The molecule has 3 amide bonds. The Morgan fingerprint density at radius 2 is 1.81 bits per heavy atom. The number of anilines is 1. The number of hydrogen-bond acceptors (Lipinski definition) is 4. The quantitative estimate of drug-likeness (QED) is 0.726. The molecule has 6 nitrogen and oxygen atoms in total. The molecule has 134 valence electrons. The summed E-state index contributed by atoms with van der Waals surface area (Å²) in [5.74, 6) is -0.978. The third-order valence-corrected chi connectivity index (χ3v) is 4.60. The first kappa shape index (κ1) is 16.9. The number of carbonyl (C=O) groups is 3. The Bertz CT molecular complexity index is 1090. The van der Waals surface area contributed by atoms with Crippen molar-refractivity contribution in [1.29, 1.82) is 0 Å². The molecule has 0 atom stereocenters. The van der Waals surface area contributed by atoms with E-state index in [0.717, 1.165) is 15.8 Å². The van der Waals surface area contributed by atoms with Crippen LogP contribution < -0.4 is 5.32 Å². The SMILES string of the molecule is Cc1ccc2c(c1)C(=O)N(CCC(=O)Nc1cccc3cccnc13)C2=O. The summed E-state index contributed by atoms with van der Waals surface area (Å²) < 4.78 is 0. The molecule has 0 radical (unpaired) electrons. The van der Waals surface area contributed by atoms with Crippen LogP contribution in [0.2, 0.25) is 0 Å². The van der Waals surface area contributed by atoms with Crippen LogP contribution in [0.1, 0.15) is 32.7 Å². The second-order valence-corrected chi connectivity index (χ2v) is 6.49. The van der Waals surface area contributed by atoms with Crippen LogP contribution in [-0.4, -0.2) is 34.2 Å². The molecule has 1 aliphatic heterocycles. The smallest absolute Gasteiger partial charge is 0.261 e. The first-order valence-corrected chi connectivity index (χ1v) is 8.65. The maximum atomic E-state index is 12.5. The fraction of sp³-hybridized carbons (Fsp3) is 0.143. The second-order valence-electron chi connectivity index (χ2n) is 6.49. The van der Waals surface area contributed by atoms with E-state index in [1.165, 1.54) is 0 Å². The van der Waals surface area contributed by atoms with Crippen molar-refractivity contribution in [2.45, 2.75) is 13.3 Å². The van der Waals surface area contributed by atoms with Gasteiger partial charge in [0.15, 0.2) is 0 Å². The van der Waals surface area contributed by atoms with Gasteiger partial charge in [0.05, 0.1) is 22.3 Å². The maximum Gasteiger partial charge on any atom is 0.261 e. The van der Waals surface area contributed by atoms with Crippen molar-refractivity contribution in [1.82, 2.24) is 9.88 Å². The number of aromatic nitrogens is 1. The van der Waals surface area contributed by atoms with Crippen LogP contribution in [0.25, 0.3) is 10.9 Å². The summed E-state index contributed by atoms with van der Waals surface area (Å²) in [4.78, 5) is 42.7.